The lowest BCUT2D eigenvalue weighted by atomic mass is 10.1. The van der Waals surface area contributed by atoms with Gasteiger partial charge in [-0.15, -0.1) is 0 Å². The Balaban J connectivity index is 1.45. The number of amides is 1. The van der Waals surface area contributed by atoms with E-state index in [1.165, 1.54) is 0 Å². The Bertz CT molecular complexity index is 714. The van der Waals surface area contributed by atoms with Crippen LogP contribution in [0.1, 0.15) is 18.5 Å². The number of hydrogen-bond donors (Lipinski definition) is 1. The van der Waals surface area contributed by atoms with Crippen LogP contribution < -0.4 is 9.64 Å². The van der Waals surface area contributed by atoms with Gasteiger partial charge in [-0.2, -0.15) is 10.1 Å². The van der Waals surface area contributed by atoms with E-state index in [2.05, 4.69) is 25.1 Å². The Kier molecular flexibility index (Phi) is 5.70. The monoisotopic (exact) mass is 364 g/mol. The lowest BCUT2D eigenvalue weighted by Gasteiger charge is -2.34. The van der Waals surface area contributed by atoms with E-state index in [0.29, 0.717) is 49.5 Å². The summed E-state index contributed by atoms with van der Waals surface area (Å²) >= 11 is 5.98. The first-order chi connectivity index (χ1) is 12.2. The fourth-order valence-corrected chi connectivity index (χ4v) is 2.99. The molecule has 1 N–H and O–H groups in total. The molecule has 134 valence electrons. The Morgan fingerprint density at radius 2 is 2.16 bits per heavy atom. The average Bonchev–Trinajstić information content (AvgIpc) is 3.07. The number of halogens is 1. The Morgan fingerprint density at radius 1 is 1.36 bits per heavy atom. The third kappa shape index (κ3) is 4.39. The molecule has 0 saturated carbocycles. The summed E-state index contributed by atoms with van der Waals surface area (Å²) in [4.78, 5) is 24.9. The van der Waals surface area contributed by atoms with E-state index >= 15 is 0 Å². The molecule has 0 atom stereocenters. The molecule has 25 heavy (non-hydrogen) atoms. The van der Waals surface area contributed by atoms with Crippen LogP contribution in [0.5, 0.6) is 5.88 Å². The van der Waals surface area contributed by atoms with Crippen molar-refractivity contribution in [3.8, 4) is 5.88 Å². The molecular formula is C16H21ClN6O2. The lowest BCUT2D eigenvalue weighted by molar-refractivity contribution is -0.131. The van der Waals surface area contributed by atoms with E-state index in [1.807, 2.05) is 4.90 Å². The number of nitrogens with zero attached hydrogens (tertiary/aromatic N) is 5. The van der Waals surface area contributed by atoms with Crippen LogP contribution >= 0.6 is 11.6 Å². The third-order valence-corrected chi connectivity index (χ3v) is 4.55. The number of nitrogens with one attached hydrogen (secondary N) is 1. The second-order valence-electron chi connectivity index (χ2n) is 5.82. The minimum absolute atomic E-state index is 0.168. The molecule has 1 aliphatic heterocycles. The number of methoxy groups -OCH3 is 1. The summed E-state index contributed by atoms with van der Waals surface area (Å²) < 4.78 is 5.13. The lowest BCUT2D eigenvalue weighted by Crippen LogP contribution is -2.49. The van der Waals surface area contributed by atoms with Crippen molar-refractivity contribution in [3.63, 3.8) is 0 Å². The van der Waals surface area contributed by atoms with Gasteiger partial charge in [0.1, 0.15) is 0 Å². The fraction of sp³-hybridized carbons (Fsp3) is 0.500. The van der Waals surface area contributed by atoms with Crippen LogP contribution in [-0.2, 0) is 11.2 Å². The number of hydrogen-bond acceptors (Lipinski definition) is 6. The van der Waals surface area contributed by atoms with Crippen molar-refractivity contribution in [3.05, 3.63) is 29.2 Å². The minimum Gasteiger partial charge on any atom is -0.481 e. The zero-order chi connectivity index (χ0) is 17.6. The molecule has 1 saturated heterocycles. The largest absolute Gasteiger partial charge is 0.481 e. The van der Waals surface area contributed by atoms with Crippen molar-refractivity contribution in [2.45, 2.75) is 19.3 Å². The summed E-state index contributed by atoms with van der Waals surface area (Å²) in [6, 6.07) is 1.72. The van der Waals surface area contributed by atoms with Gasteiger partial charge >= 0.3 is 0 Å². The molecule has 9 heteroatoms. The molecule has 1 fully saturated rings. The summed E-state index contributed by atoms with van der Waals surface area (Å²) in [6.45, 7) is 2.77. The Labute approximate surface area is 151 Å². The predicted octanol–water partition coefficient (Wildman–Crippen LogP) is 1.53. The van der Waals surface area contributed by atoms with Gasteiger partial charge in [0.05, 0.1) is 24.0 Å². The number of H-pyrrole nitrogens is 1. The Hall–Kier alpha value is -2.35. The van der Waals surface area contributed by atoms with Crippen LogP contribution in [0.2, 0.25) is 5.02 Å². The molecule has 0 spiro atoms. The van der Waals surface area contributed by atoms with Crippen molar-refractivity contribution in [2.24, 2.45) is 0 Å². The van der Waals surface area contributed by atoms with E-state index in [-0.39, 0.29) is 5.91 Å². The second kappa shape index (κ2) is 8.15. The number of aromatic nitrogens is 4. The number of carbonyl (C=O) groups is 1. The maximum Gasteiger partial charge on any atom is 0.228 e. The standard InChI is InChI=1S/C16H21ClN6O2/c1-25-14-5-6-18-16(20-14)23-9-7-22(8-10-23)15(24)4-2-3-13-12(17)11-19-21-13/h5-6,11H,2-4,7-10H2,1H3,(H,19,21). The van der Waals surface area contributed by atoms with E-state index in [0.717, 1.165) is 18.5 Å². The number of carbonyl (C=O) groups excluding carboxylic acids is 1. The molecule has 0 aromatic carbocycles. The van der Waals surface area contributed by atoms with Crippen molar-refractivity contribution >= 4 is 23.5 Å². The van der Waals surface area contributed by atoms with Crippen LogP contribution in [0.3, 0.4) is 0 Å². The highest BCUT2D eigenvalue weighted by Crippen LogP contribution is 2.17. The maximum atomic E-state index is 12.4. The van der Waals surface area contributed by atoms with Gasteiger partial charge < -0.3 is 14.5 Å². The zero-order valence-electron chi connectivity index (χ0n) is 14.1. The van der Waals surface area contributed by atoms with Gasteiger partial charge in [-0.1, -0.05) is 11.6 Å². The first kappa shape index (κ1) is 17.5. The molecule has 2 aromatic rings. The summed E-state index contributed by atoms with van der Waals surface area (Å²) in [6.07, 6.45) is 5.24. The number of anilines is 1. The second-order valence-corrected chi connectivity index (χ2v) is 6.22. The zero-order valence-corrected chi connectivity index (χ0v) is 14.9. The van der Waals surface area contributed by atoms with Crippen molar-refractivity contribution in [1.82, 2.24) is 25.1 Å². The number of rotatable bonds is 6. The van der Waals surface area contributed by atoms with Gasteiger partial charge in [-0.05, 0) is 12.8 Å². The molecular weight excluding hydrogens is 344 g/mol. The molecule has 0 bridgehead atoms. The van der Waals surface area contributed by atoms with Gasteiger partial charge in [0.2, 0.25) is 17.7 Å². The number of ether oxygens (including phenoxy) is 1. The van der Waals surface area contributed by atoms with E-state index in [4.69, 9.17) is 16.3 Å². The van der Waals surface area contributed by atoms with Crippen LogP contribution in [0.25, 0.3) is 0 Å². The molecule has 0 aliphatic carbocycles. The van der Waals surface area contributed by atoms with Crippen molar-refractivity contribution in [2.75, 3.05) is 38.2 Å². The van der Waals surface area contributed by atoms with Crippen LogP contribution in [-0.4, -0.2) is 64.3 Å². The van der Waals surface area contributed by atoms with Crippen LogP contribution in [0.4, 0.5) is 5.95 Å². The molecule has 1 amide bonds. The third-order valence-electron chi connectivity index (χ3n) is 4.22. The molecule has 3 heterocycles. The van der Waals surface area contributed by atoms with Crippen molar-refractivity contribution < 1.29 is 9.53 Å². The normalized spacial score (nSPS) is 14.6. The van der Waals surface area contributed by atoms with Gasteiger partial charge in [0, 0.05) is 44.9 Å². The van der Waals surface area contributed by atoms with Gasteiger partial charge in [-0.3, -0.25) is 9.89 Å². The molecule has 8 nitrogen and oxygen atoms in total. The fourth-order valence-electron chi connectivity index (χ4n) is 2.80. The topological polar surface area (TPSA) is 87.2 Å². The summed E-state index contributed by atoms with van der Waals surface area (Å²) in [5.74, 6) is 1.35. The predicted molar refractivity (Wildman–Crippen MR) is 93.9 cm³/mol. The van der Waals surface area contributed by atoms with Gasteiger partial charge in [0.25, 0.3) is 0 Å². The molecule has 3 rings (SSSR count). The smallest absolute Gasteiger partial charge is 0.228 e. The first-order valence-electron chi connectivity index (χ1n) is 8.25. The molecule has 0 unspecified atom stereocenters. The van der Waals surface area contributed by atoms with Crippen LogP contribution in [0, 0.1) is 0 Å². The Morgan fingerprint density at radius 3 is 2.84 bits per heavy atom. The highest BCUT2D eigenvalue weighted by atomic mass is 35.5. The quantitative estimate of drug-likeness (QED) is 0.836. The average molecular weight is 365 g/mol. The van der Waals surface area contributed by atoms with E-state index < -0.39 is 0 Å². The van der Waals surface area contributed by atoms with Gasteiger partial charge in [0.15, 0.2) is 0 Å². The maximum absolute atomic E-state index is 12.4. The molecule has 2 aromatic heterocycles. The van der Waals surface area contributed by atoms with Crippen LogP contribution in [0.15, 0.2) is 18.5 Å². The van der Waals surface area contributed by atoms with E-state index in [1.54, 1.807) is 25.6 Å². The highest BCUT2D eigenvalue weighted by Gasteiger charge is 2.22. The SMILES string of the molecule is COc1ccnc(N2CCN(C(=O)CCCc3[nH]ncc3Cl)CC2)n1. The molecule has 0 radical (unpaired) electrons. The molecule has 1 aliphatic rings. The summed E-state index contributed by atoms with van der Waals surface area (Å²) in [5, 5.41) is 7.36. The number of aryl methyl sites for hydroxylation is 1. The minimum atomic E-state index is 0.168. The van der Waals surface area contributed by atoms with Crippen molar-refractivity contribution in [1.29, 1.82) is 0 Å². The number of aromatic amines is 1. The summed E-state index contributed by atoms with van der Waals surface area (Å²) in [5.41, 5.74) is 0.884. The number of piperazine rings is 1. The highest BCUT2D eigenvalue weighted by molar-refractivity contribution is 6.31. The summed E-state index contributed by atoms with van der Waals surface area (Å²) in [7, 11) is 1.58. The van der Waals surface area contributed by atoms with E-state index in [9.17, 15) is 4.79 Å². The first-order valence-corrected chi connectivity index (χ1v) is 8.62. The van der Waals surface area contributed by atoms with Gasteiger partial charge in [-0.25, -0.2) is 4.98 Å².